The summed E-state index contributed by atoms with van der Waals surface area (Å²) in [5.74, 6) is -0.329. The zero-order chi connectivity index (χ0) is 13.7. The summed E-state index contributed by atoms with van der Waals surface area (Å²) in [6, 6.07) is 6.29. The van der Waals surface area contributed by atoms with Crippen molar-refractivity contribution in [3.05, 3.63) is 30.1 Å². The van der Waals surface area contributed by atoms with Crippen LogP contribution in [0, 0.1) is 5.82 Å². The summed E-state index contributed by atoms with van der Waals surface area (Å²) in [6.45, 7) is 5.84. The number of carbonyl (C=O) groups is 1. The van der Waals surface area contributed by atoms with Crippen molar-refractivity contribution in [2.45, 2.75) is 19.4 Å². The summed E-state index contributed by atoms with van der Waals surface area (Å²) in [5.41, 5.74) is 0.639. The Balaban J connectivity index is 0.00000200. The van der Waals surface area contributed by atoms with Crippen LogP contribution in [0.1, 0.15) is 13.3 Å². The number of carbonyl (C=O) groups excluding carboxylic acids is 1. The average Bonchev–Trinajstić information content (AvgIpc) is 2.40. The van der Waals surface area contributed by atoms with E-state index in [9.17, 15) is 9.18 Å². The average molecular weight is 302 g/mol. The van der Waals surface area contributed by atoms with Crippen molar-refractivity contribution in [3.63, 3.8) is 0 Å². The monoisotopic (exact) mass is 301 g/mol. The highest BCUT2D eigenvalue weighted by atomic mass is 35.5. The van der Waals surface area contributed by atoms with Gasteiger partial charge in [-0.1, -0.05) is 0 Å². The van der Waals surface area contributed by atoms with Crippen LogP contribution < -0.4 is 10.6 Å². The van der Waals surface area contributed by atoms with Gasteiger partial charge in [0.2, 0.25) is 5.91 Å². The number of benzene rings is 1. The van der Waals surface area contributed by atoms with E-state index in [-0.39, 0.29) is 24.1 Å². The molecule has 2 N–H and O–H groups in total. The van der Waals surface area contributed by atoms with Crippen molar-refractivity contribution >= 4 is 24.0 Å². The number of hydrogen-bond donors (Lipinski definition) is 2. The first-order chi connectivity index (χ1) is 9.15. The van der Waals surface area contributed by atoms with Crippen LogP contribution in [0.25, 0.3) is 0 Å². The number of amides is 1. The molecule has 20 heavy (non-hydrogen) atoms. The molecule has 112 valence electrons. The van der Waals surface area contributed by atoms with Crippen molar-refractivity contribution < 1.29 is 9.18 Å². The third kappa shape index (κ3) is 5.07. The van der Waals surface area contributed by atoms with Gasteiger partial charge in [0.15, 0.2) is 0 Å². The predicted molar refractivity (Wildman–Crippen MR) is 80.8 cm³/mol. The fraction of sp³-hybridized carbons (Fsp3) is 0.500. The fourth-order valence-electron chi connectivity index (χ4n) is 2.22. The number of nitrogens with zero attached hydrogens (tertiary/aromatic N) is 1. The molecule has 1 atom stereocenters. The lowest BCUT2D eigenvalue weighted by Gasteiger charge is -2.33. The molecule has 1 fully saturated rings. The topological polar surface area (TPSA) is 44.4 Å². The van der Waals surface area contributed by atoms with Crippen molar-refractivity contribution in [1.82, 2.24) is 10.2 Å². The summed E-state index contributed by atoms with van der Waals surface area (Å²) in [5, 5.41) is 6.10. The standard InChI is InChI=1S/C14H20FN3O.ClH/c1-11-10-16-7-9-18(11)8-6-14(19)17-13-4-2-12(15)3-5-13;/h2-5,11,16H,6-10H2,1H3,(H,17,19);1H/t11-;/m1./s1. The highest BCUT2D eigenvalue weighted by Gasteiger charge is 2.18. The summed E-state index contributed by atoms with van der Waals surface area (Å²) >= 11 is 0. The first-order valence-electron chi connectivity index (χ1n) is 6.65. The molecule has 0 aromatic heterocycles. The molecule has 1 aromatic rings. The first kappa shape index (κ1) is 16.9. The van der Waals surface area contributed by atoms with E-state index in [0.29, 0.717) is 18.2 Å². The molecule has 0 unspecified atom stereocenters. The SMILES string of the molecule is C[C@@H]1CNCCN1CCC(=O)Nc1ccc(F)cc1.Cl. The Bertz CT molecular complexity index is 427. The minimum Gasteiger partial charge on any atom is -0.326 e. The number of piperazine rings is 1. The molecular formula is C14H21ClFN3O. The van der Waals surface area contributed by atoms with E-state index in [2.05, 4.69) is 22.5 Å². The molecule has 1 aromatic carbocycles. The van der Waals surface area contributed by atoms with Crippen LogP contribution in [0.4, 0.5) is 10.1 Å². The Labute approximate surface area is 125 Å². The molecule has 1 amide bonds. The van der Waals surface area contributed by atoms with E-state index < -0.39 is 0 Å². The summed E-state index contributed by atoms with van der Waals surface area (Å²) < 4.78 is 12.7. The van der Waals surface area contributed by atoms with Crippen LogP contribution in [-0.2, 0) is 4.79 Å². The Morgan fingerprint density at radius 2 is 2.15 bits per heavy atom. The lowest BCUT2D eigenvalue weighted by atomic mass is 10.2. The number of hydrogen-bond acceptors (Lipinski definition) is 3. The van der Waals surface area contributed by atoms with Crippen molar-refractivity contribution in [3.8, 4) is 0 Å². The van der Waals surface area contributed by atoms with Gasteiger partial charge >= 0.3 is 0 Å². The molecule has 0 saturated carbocycles. The Morgan fingerprint density at radius 3 is 2.80 bits per heavy atom. The molecule has 2 rings (SSSR count). The second-order valence-electron chi connectivity index (χ2n) is 4.89. The lowest BCUT2D eigenvalue weighted by Crippen LogP contribution is -2.50. The Hall–Kier alpha value is -1.17. The van der Waals surface area contributed by atoms with Gasteiger partial charge in [0.05, 0.1) is 0 Å². The maximum Gasteiger partial charge on any atom is 0.225 e. The van der Waals surface area contributed by atoms with E-state index in [1.54, 1.807) is 12.1 Å². The number of halogens is 2. The molecule has 0 radical (unpaired) electrons. The molecule has 6 heteroatoms. The normalized spacial score (nSPS) is 19.2. The van der Waals surface area contributed by atoms with E-state index >= 15 is 0 Å². The van der Waals surface area contributed by atoms with Gasteiger partial charge in [-0.3, -0.25) is 9.69 Å². The predicted octanol–water partition coefficient (Wildman–Crippen LogP) is 1.87. The van der Waals surface area contributed by atoms with E-state index in [1.807, 2.05) is 0 Å². The molecule has 4 nitrogen and oxygen atoms in total. The molecule has 1 saturated heterocycles. The third-order valence-corrected chi connectivity index (χ3v) is 3.39. The van der Waals surface area contributed by atoms with E-state index in [4.69, 9.17) is 0 Å². The van der Waals surface area contributed by atoms with Crippen LogP contribution in [0.15, 0.2) is 24.3 Å². The van der Waals surface area contributed by atoms with E-state index in [1.165, 1.54) is 12.1 Å². The van der Waals surface area contributed by atoms with Crippen molar-refractivity contribution in [2.75, 3.05) is 31.5 Å². The van der Waals surface area contributed by atoms with Crippen LogP contribution in [0.5, 0.6) is 0 Å². The zero-order valence-corrected chi connectivity index (χ0v) is 12.4. The van der Waals surface area contributed by atoms with E-state index in [0.717, 1.165) is 26.2 Å². The Morgan fingerprint density at radius 1 is 1.45 bits per heavy atom. The van der Waals surface area contributed by atoms with Crippen LogP contribution >= 0.6 is 12.4 Å². The second kappa shape index (κ2) is 8.19. The van der Waals surface area contributed by atoms with Gasteiger partial charge in [0, 0.05) is 44.3 Å². The van der Waals surface area contributed by atoms with Gasteiger partial charge < -0.3 is 10.6 Å². The minimum atomic E-state index is -0.298. The largest absolute Gasteiger partial charge is 0.326 e. The number of rotatable bonds is 4. The number of nitrogens with one attached hydrogen (secondary N) is 2. The lowest BCUT2D eigenvalue weighted by molar-refractivity contribution is -0.116. The highest BCUT2D eigenvalue weighted by Crippen LogP contribution is 2.09. The highest BCUT2D eigenvalue weighted by molar-refractivity contribution is 5.90. The van der Waals surface area contributed by atoms with Gasteiger partial charge in [-0.15, -0.1) is 12.4 Å². The molecular weight excluding hydrogens is 281 g/mol. The smallest absolute Gasteiger partial charge is 0.225 e. The van der Waals surface area contributed by atoms with Crippen LogP contribution in [0.3, 0.4) is 0 Å². The van der Waals surface area contributed by atoms with Crippen molar-refractivity contribution in [2.24, 2.45) is 0 Å². The van der Waals surface area contributed by atoms with Gasteiger partial charge in [-0.25, -0.2) is 4.39 Å². The Kier molecular flexibility index (Phi) is 6.91. The molecule has 1 heterocycles. The second-order valence-corrected chi connectivity index (χ2v) is 4.89. The van der Waals surface area contributed by atoms with Gasteiger partial charge in [-0.05, 0) is 31.2 Å². The molecule has 1 aliphatic heterocycles. The van der Waals surface area contributed by atoms with Crippen LogP contribution in [-0.4, -0.2) is 43.0 Å². The quantitative estimate of drug-likeness (QED) is 0.892. The van der Waals surface area contributed by atoms with Crippen LogP contribution in [0.2, 0.25) is 0 Å². The van der Waals surface area contributed by atoms with Gasteiger partial charge in [0.1, 0.15) is 5.82 Å². The molecule has 0 spiro atoms. The first-order valence-corrected chi connectivity index (χ1v) is 6.65. The molecule has 0 aliphatic carbocycles. The van der Waals surface area contributed by atoms with Gasteiger partial charge in [-0.2, -0.15) is 0 Å². The zero-order valence-electron chi connectivity index (χ0n) is 11.6. The fourth-order valence-corrected chi connectivity index (χ4v) is 2.22. The number of anilines is 1. The maximum atomic E-state index is 12.7. The summed E-state index contributed by atoms with van der Waals surface area (Å²) in [4.78, 5) is 14.1. The molecule has 1 aliphatic rings. The maximum absolute atomic E-state index is 12.7. The molecule has 0 bridgehead atoms. The van der Waals surface area contributed by atoms with Gasteiger partial charge in [0.25, 0.3) is 0 Å². The minimum absolute atomic E-state index is 0. The third-order valence-electron chi connectivity index (χ3n) is 3.39. The summed E-state index contributed by atoms with van der Waals surface area (Å²) in [7, 11) is 0. The van der Waals surface area contributed by atoms with Crippen molar-refractivity contribution in [1.29, 1.82) is 0 Å². The summed E-state index contributed by atoms with van der Waals surface area (Å²) in [6.07, 6.45) is 0.460.